The smallest absolute Gasteiger partial charge is 0.279 e. The molecule has 0 fully saturated rings. The first-order chi connectivity index (χ1) is 14.5. The first kappa shape index (κ1) is 19.9. The molecule has 0 bridgehead atoms. The van der Waals surface area contributed by atoms with Crippen molar-refractivity contribution in [2.24, 2.45) is 4.99 Å². The van der Waals surface area contributed by atoms with Crippen LogP contribution in [0.15, 0.2) is 71.7 Å². The lowest BCUT2D eigenvalue weighted by atomic mass is 10.0. The Labute approximate surface area is 180 Å². The number of aryl methyl sites for hydroxylation is 2. The van der Waals surface area contributed by atoms with Crippen LogP contribution in [0.1, 0.15) is 32.6 Å². The number of nitrogens with zero attached hydrogens (tertiary/aromatic N) is 2. The van der Waals surface area contributed by atoms with Crippen molar-refractivity contribution < 1.29 is 4.79 Å². The van der Waals surface area contributed by atoms with Crippen LogP contribution in [0.2, 0.25) is 0 Å². The van der Waals surface area contributed by atoms with Crippen LogP contribution in [0.25, 0.3) is 10.2 Å². The van der Waals surface area contributed by atoms with Gasteiger partial charge in [-0.05, 0) is 66.8 Å². The molecule has 0 aliphatic rings. The Bertz CT molecular complexity index is 1320. The number of carbonyl (C=O) groups excluding carboxylic acids is 1. The van der Waals surface area contributed by atoms with Crippen molar-refractivity contribution in [1.82, 2.24) is 4.57 Å². The molecule has 0 saturated carbocycles. The second kappa shape index (κ2) is 8.52. The molecule has 148 valence electrons. The molecular formula is C26H22N2OS. The number of fused-ring (bicyclic) bond motifs is 1. The molecular weight excluding hydrogens is 388 g/mol. The van der Waals surface area contributed by atoms with E-state index in [2.05, 4.69) is 49.0 Å². The Morgan fingerprint density at radius 1 is 1.00 bits per heavy atom. The van der Waals surface area contributed by atoms with Crippen LogP contribution < -0.4 is 4.80 Å². The highest BCUT2D eigenvalue weighted by Crippen LogP contribution is 2.22. The van der Waals surface area contributed by atoms with Crippen molar-refractivity contribution in [2.45, 2.75) is 26.8 Å². The first-order valence-electron chi connectivity index (χ1n) is 9.81. The van der Waals surface area contributed by atoms with Crippen LogP contribution >= 0.6 is 11.3 Å². The summed E-state index contributed by atoms with van der Waals surface area (Å²) in [6.45, 7) is 4.54. The standard InChI is InChI=1S/C26H22N2OS/c1-4-14-28-23-15-18(2)19(3)16-24(23)30-26(28)27-25(29)22-12-10-21(11-13-22)17-20-8-6-5-7-9-20/h1,5-13,15-16H,14,17H2,2-3H3. The summed E-state index contributed by atoms with van der Waals surface area (Å²) in [6, 6.07) is 22.2. The number of hydrogen-bond acceptors (Lipinski definition) is 2. The first-order valence-corrected chi connectivity index (χ1v) is 10.6. The van der Waals surface area contributed by atoms with Gasteiger partial charge < -0.3 is 4.57 Å². The van der Waals surface area contributed by atoms with Gasteiger partial charge in [0.1, 0.15) is 0 Å². The fourth-order valence-corrected chi connectivity index (χ4v) is 4.51. The van der Waals surface area contributed by atoms with Crippen LogP contribution in [0.4, 0.5) is 0 Å². The van der Waals surface area contributed by atoms with Gasteiger partial charge in [-0.3, -0.25) is 4.79 Å². The minimum Gasteiger partial charge on any atom is -0.305 e. The monoisotopic (exact) mass is 410 g/mol. The maximum Gasteiger partial charge on any atom is 0.279 e. The van der Waals surface area contributed by atoms with Gasteiger partial charge in [0.25, 0.3) is 5.91 Å². The molecule has 0 unspecified atom stereocenters. The molecule has 4 heteroatoms. The van der Waals surface area contributed by atoms with Crippen molar-refractivity contribution in [2.75, 3.05) is 0 Å². The summed E-state index contributed by atoms with van der Waals surface area (Å²) in [4.78, 5) is 17.9. The highest BCUT2D eigenvalue weighted by Gasteiger charge is 2.10. The van der Waals surface area contributed by atoms with Crippen LogP contribution in [0.5, 0.6) is 0 Å². The predicted octanol–water partition coefficient (Wildman–Crippen LogP) is 5.28. The third-order valence-electron chi connectivity index (χ3n) is 5.20. The third-order valence-corrected chi connectivity index (χ3v) is 6.24. The largest absolute Gasteiger partial charge is 0.305 e. The number of rotatable bonds is 4. The van der Waals surface area contributed by atoms with Gasteiger partial charge >= 0.3 is 0 Å². The number of carbonyl (C=O) groups is 1. The van der Waals surface area contributed by atoms with Gasteiger partial charge in [0.05, 0.1) is 16.8 Å². The zero-order valence-corrected chi connectivity index (χ0v) is 17.9. The van der Waals surface area contributed by atoms with E-state index in [0.29, 0.717) is 16.9 Å². The summed E-state index contributed by atoms with van der Waals surface area (Å²) in [6.07, 6.45) is 6.41. The average Bonchev–Trinajstić information content (AvgIpc) is 3.06. The maximum atomic E-state index is 12.8. The van der Waals surface area contributed by atoms with Gasteiger partial charge in [0.2, 0.25) is 0 Å². The predicted molar refractivity (Wildman–Crippen MR) is 124 cm³/mol. The van der Waals surface area contributed by atoms with E-state index >= 15 is 0 Å². The number of hydrogen-bond donors (Lipinski definition) is 0. The Hall–Kier alpha value is -3.42. The van der Waals surface area contributed by atoms with Gasteiger partial charge in [-0.2, -0.15) is 4.99 Å². The molecule has 0 atom stereocenters. The molecule has 4 rings (SSSR count). The summed E-state index contributed by atoms with van der Waals surface area (Å²) < 4.78 is 3.02. The summed E-state index contributed by atoms with van der Waals surface area (Å²) >= 11 is 1.49. The van der Waals surface area contributed by atoms with Crippen molar-refractivity contribution in [3.8, 4) is 12.3 Å². The molecule has 30 heavy (non-hydrogen) atoms. The summed E-state index contributed by atoms with van der Waals surface area (Å²) in [5.41, 5.74) is 6.40. The molecule has 1 amide bonds. The van der Waals surface area contributed by atoms with E-state index in [0.717, 1.165) is 22.2 Å². The summed E-state index contributed by atoms with van der Waals surface area (Å²) in [5.74, 6) is 2.42. The van der Waals surface area contributed by atoms with Crippen molar-refractivity contribution in [3.05, 3.63) is 99.3 Å². The number of aromatic nitrogens is 1. The van der Waals surface area contributed by atoms with Gasteiger partial charge in [0, 0.05) is 5.56 Å². The Balaban J connectivity index is 1.66. The normalized spacial score (nSPS) is 11.6. The molecule has 3 nitrogen and oxygen atoms in total. The molecule has 0 saturated heterocycles. The van der Waals surface area contributed by atoms with E-state index in [1.165, 1.54) is 28.0 Å². The second-order valence-corrected chi connectivity index (χ2v) is 8.36. The van der Waals surface area contributed by atoms with Crippen molar-refractivity contribution in [1.29, 1.82) is 0 Å². The summed E-state index contributed by atoms with van der Waals surface area (Å²) in [7, 11) is 0. The van der Waals surface area contributed by atoms with Gasteiger partial charge in [0.15, 0.2) is 4.80 Å². The van der Waals surface area contributed by atoms with Crippen molar-refractivity contribution >= 4 is 27.5 Å². The number of benzene rings is 3. The number of thiazole rings is 1. The number of amides is 1. The van der Waals surface area contributed by atoms with E-state index in [9.17, 15) is 4.79 Å². The molecule has 0 N–H and O–H groups in total. The fraction of sp³-hybridized carbons (Fsp3) is 0.154. The molecule has 0 aliphatic carbocycles. The molecule has 1 aromatic heterocycles. The Morgan fingerprint density at radius 3 is 2.37 bits per heavy atom. The van der Waals surface area contributed by atoms with E-state index in [1.54, 1.807) is 0 Å². The van der Waals surface area contributed by atoms with Gasteiger partial charge in [-0.1, -0.05) is 59.7 Å². The summed E-state index contributed by atoms with van der Waals surface area (Å²) in [5, 5.41) is 0. The van der Waals surface area contributed by atoms with Crippen LogP contribution in [-0.2, 0) is 13.0 Å². The molecule has 0 radical (unpaired) electrons. The average molecular weight is 411 g/mol. The quantitative estimate of drug-likeness (QED) is 0.421. The number of terminal acetylenes is 1. The Morgan fingerprint density at radius 2 is 1.67 bits per heavy atom. The maximum absolute atomic E-state index is 12.8. The minimum absolute atomic E-state index is 0.257. The van der Waals surface area contributed by atoms with Crippen LogP contribution in [0.3, 0.4) is 0 Å². The van der Waals surface area contributed by atoms with Gasteiger partial charge in [-0.15, -0.1) is 6.42 Å². The molecule has 0 aliphatic heterocycles. The lowest BCUT2D eigenvalue weighted by molar-refractivity contribution is 0.0998. The van der Waals surface area contributed by atoms with E-state index in [-0.39, 0.29) is 5.91 Å². The fourth-order valence-electron chi connectivity index (χ4n) is 3.40. The third kappa shape index (κ3) is 4.12. The lowest BCUT2D eigenvalue weighted by Gasteiger charge is -2.04. The van der Waals surface area contributed by atoms with E-state index in [1.807, 2.05) is 47.0 Å². The Kier molecular flexibility index (Phi) is 5.65. The highest BCUT2D eigenvalue weighted by atomic mass is 32.1. The van der Waals surface area contributed by atoms with Crippen LogP contribution in [0, 0.1) is 26.2 Å². The molecule has 3 aromatic carbocycles. The highest BCUT2D eigenvalue weighted by molar-refractivity contribution is 7.16. The minimum atomic E-state index is -0.257. The zero-order chi connectivity index (χ0) is 21.1. The van der Waals surface area contributed by atoms with E-state index < -0.39 is 0 Å². The topological polar surface area (TPSA) is 34.4 Å². The van der Waals surface area contributed by atoms with Gasteiger partial charge in [-0.25, -0.2) is 0 Å². The lowest BCUT2D eigenvalue weighted by Crippen LogP contribution is -2.16. The zero-order valence-electron chi connectivity index (χ0n) is 17.1. The van der Waals surface area contributed by atoms with E-state index in [4.69, 9.17) is 6.42 Å². The SMILES string of the molecule is C#CCn1c(=NC(=O)c2ccc(Cc3ccccc3)cc2)sc2cc(C)c(C)cc21. The molecule has 1 heterocycles. The molecule has 0 spiro atoms. The van der Waals surface area contributed by atoms with Crippen molar-refractivity contribution in [3.63, 3.8) is 0 Å². The second-order valence-electron chi connectivity index (χ2n) is 7.36. The molecule has 4 aromatic rings. The van der Waals surface area contributed by atoms with Crippen LogP contribution in [-0.4, -0.2) is 10.5 Å².